The topological polar surface area (TPSA) is 49.7 Å². The summed E-state index contributed by atoms with van der Waals surface area (Å²) in [5.74, 6) is 0.0411. The maximum absolute atomic E-state index is 10.0. The summed E-state index contributed by atoms with van der Waals surface area (Å²) >= 11 is 0. The first-order valence-electron chi connectivity index (χ1n) is 6.77. The Morgan fingerprint density at radius 3 is 2.06 bits per heavy atom. The molecule has 102 valence electrons. The normalized spacial score (nSPS) is 35.6. The summed E-state index contributed by atoms with van der Waals surface area (Å²) in [6.45, 7) is 9.67. The Kier molecular flexibility index (Phi) is 4.61. The zero-order valence-corrected chi connectivity index (χ0v) is 11.9. The number of hydrogen-bond acceptors (Lipinski definition) is 3. The summed E-state index contributed by atoms with van der Waals surface area (Å²) in [6, 6.07) is 0. The molecule has 0 aromatic carbocycles. The predicted molar refractivity (Wildman–Crippen MR) is 68.6 cm³/mol. The first-order chi connectivity index (χ1) is 7.66. The second-order valence-electron chi connectivity index (χ2n) is 6.36. The van der Waals surface area contributed by atoms with Crippen molar-refractivity contribution in [3.63, 3.8) is 0 Å². The van der Waals surface area contributed by atoms with Gasteiger partial charge < -0.3 is 14.9 Å². The fourth-order valence-corrected chi connectivity index (χ4v) is 2.60. The second-order valence-corrected chi connectivity index (χ2v) is 6.36. The summed E-state index contributed by atoms with van der Waals surface area (Å²) < 4.78 is 5.76. The van der Waals surface area contributed by atoms with Crippen LogP contribution in [-0.2, 0) is 4.74 Å². The van der Waals surface area contributed by atoms with Gasteiger partial charge in [0.2, 0.25) is 0 Å². The molecule has 1 aliphatic rings. The molecule has 1 saturated carbocycles. The number of rotatable bonds is 4. The first kappa shape index (κ1) is 14.9. The van der Waals surface area contributed by atoms with Crippen LogP contribution in [0.3, 0.4) is 0 Å². The number of hydrogen-bond donors (Lipinski definition) is 2. The Morgan fingerprint density at radius 2 is 1.71 bits per heavy atom. The van der Waals surface area contributed by atoms with Crippen molar-refractivity contribution in [3.05, 3.63) is 0 Å². The van der Waals surface area contributed by atoms with E-state index in [2.05, 4.69) is 13.8 Å². The van der Waals surface area contributed by atoms with Gasteiger partial charge in [0.05, 0.1) is 5.60 Å². The molecule has 0 aromatic rings. The van der Waals surface area contributed by atoms with E-state index in [-0.39, 0.29) is 5.60 Å². The fourth-order valence-electron chi connectivity index (χ4n) is 2.60. The van der Waals surface area contributed by atoms with Crippen LogP contribution < -0.4 is 0 Å². The lowest BCUT2D eigenvalue weighted by Gasteiger charge is -2.43. The molecule has 3 nitrogen and oxygen atoms in total. The highest BCUT2D eigenvalue weighted by atomic mass is 16.6. The van der Waals surface area contributed by atoms with Gasteiger partial charge >= 0.3 is 0 Å². The minimum Gasteiger partial charge on any atom is -0.388 e. The Bertz CT molecular complexity index is 238. The third-order valence-corrected chi connectivity index (χ3v) is 4.26. The van der Waals surface area contributed by atoms with Gasteiger partial charge in [0, 0.05) is 0 Å². The molecule has 1 fully saturated rings. The van der Waals surface area contributed by atoms with Crippen LogP contribution in [0.1, 0.15) is 60.3 Å². The molecule has 0 aliphatic heterocycles. The molecule has 0 aromatic heterocycles. The highest BCUT2D eigenvalue weighted by Crippen LogP contribution is 2.39. The van der Waals surface area contributed by atoms with E-state index in [0.717, 1.165) is 37.5 Å². The lowest BCUT2D eigenvalue weighted by Crippen LogP contribution is -2.49. The summed E-state index contributed by atoms with van der Waals surface area (Å²) in [4.78, 5) is 0. The van der Waals surface area contributed by atoms with Gasteiger partial charge in [0.15, 0.2) is 5.79 Å². The third kappa shape index (κ3) is 3.94. The van der Waals surface area contributed by atoms with Gasteiger partial charge in [-0.1, -0.05) is 13.8 Å². The molecule has 0 heterocycles. The van der Waals surface area contributed by atoms with E-state index >= 15 is 0 Å². The van der Waals surface area contributed by atoms with Crippen LogP contribution in [0.15, 0.2) is 0 Å². The Morgan fingerprint density at radius 1 is 1.24 bits per heavy atom. The van der Waals surface area contributed by atoms with E-state index in [1.807, 2.05) is 6.92 Å². The average molecular weight is 244 g/mol. The zero-order chi connectivity index (χ0) is 13.3. The van der Waals surface area contributed by atoms with Crippen molar-refractivity contribution in [2.75, 3.05) is 0 Å². The first-order valence-corrected chi connectivity index (χ1v) is 6.77. The van der Waals surface area contributed by atoms with Crippen molar-refractivity contribution in [1.29, 1.82) is 0 Å². The van der Waals surface area contributed by atoms with Gasteiger partial charge in [0.25, 0.3) is 0 Å². The van der Waals surface area contributed by atoms with Crippen LogP contribution in [0.4, 0.5) is 0 Å². The van der Waals surface area contributed by atoms with Crippen molar-refractivity contribution < 1.29 is 14.9 Å². The predicted octanol–water partition coefficient (Wildman–Crippen LogP) is 2.70. The van der Waals surface area contributed by atoms with Crippen molar-refractivity contribution in [3.8, 4) is 0 Å². The Balaban J connectivity index is 2.56. The van der Waals surface area contributed by atoms with Gasteiger partial charge in [-0.25, -0.2) is 0 Å². The molecule has 0 bridgehead atoms. The SMILES string of the molecule is CC(C)C1CCC(C)(OC(C)(O)C(C)O)CC1. The molecule has 2 atom stereocenters. The molecule has 1 rings (SSSR count). The molecule has 3 heteroatoms. The van der Waals surface area contributed by atoms with Crippen molar-refractivity contribution in [1.82, 2.24) is 0 Å². The van der Waals surface area contributed by atoms with E-state index < -0.39 is 11.9 Å². The molecule has 0 amide bonds. The van der Waals surface area contributed by atoms with E-state index in [1.54, 1.807) is 6.92 Å². The average Bonchev–Trinajstić information content (AvgIpc) is 2.16. The third-order valence-electron chi connectivity index (χ3n) is 4.26. The van der Waals surface area contributed by atoms with Gasteiger partial charge in [-0.15, -0.1) is 0 Å². The van der Waals surface area contributed by atoms with Crippen LogP contribution in [0, 0.1) is 11.8 Å². The minimum absolute atomic E-state index is 0.300. The quantitative estimate of drug-likeness (QED) is 0.748. The lowest BCUT2D eigenvalue weighted by atomic mass is 9.75. The summed E-state index contributed by atoms with van der Waals surface area (Å²) in [5.41, 5.74) is -0.300. The van der Waals surface area contributed by atoms with Gasteiger partial charge in [-0.05, 0) is 58.3 Å². The molecule has 17 heavy (non-hydrogen) atoms. The van der Waals surface area contributed by atoms with Crippen molar-refractivity contribution in [2.45, 2.75) is 77.8 Å². The molecule has 0 spiro atoms. The maximum atomic E-state index is 10.0. The molecule has 2 unspecified atom stereocenters. The number of aliphatic hydroxyl groups excluding tert-OH is 1. The van der Waals surface area contributed by atoms with Crippen LogP contribution in [0.25, 0.3) is 0 Å². The fraction of sp³-hybridized carbons (Fsp3) is 1.00. The van der Waals surface area contributed by atoms with Crippen LogP contribution in [-0.4, -0.2) is 27.7 Å². The molecule has 0 radical (unpaired) electrons. The van der Waals surface area contributed by atoms with Gasteiger partial charge in [-0.2, -0.15) is 0 Å². The largest absolute Gasteiger partial charge is 0.388 e. The number of aliphatic hydroxyl groups is 2. The maximum Gasteiger partial charge on any atom is 0.189 e. The molecular formula is C14H28O3. The van der Waals surface area contributed by atoms with E-state index in [4.69, 9.17) is 4.74 Å². The van der Waals surface area contributed by atoms with Gasteiger partial charge in [0.1, 0.15) is 6.10 Å². The smallest absolute Gasteiger partial charge is 0.189 e. The zero-order valence-electron chi connectivity index (χ0n) is 11.9. The minimum atomic E-state index is -1.45. The Hall–Kier alpha value is -0.120. The molecule has 1 aliphatic carbocycles. The van der Waals surface area contributed by atoms with E-state index in [0.29, 0.717) is 0 Å². The van der Waals surface area contributed by atoms with Crippen molar-refractivity contribution >= 4 is 0 Å². The van der Waals surface area contributed by atoms with Crippen LogP contribution in [0.2, 0.25) is 0 Å². The summed E-state index contributed by atoms with van der Waals surface area (Å²) in [5, 5.41) is 19.5. The number of ether oxygens (including phenoxy) is 1. The second kappa shape index (κ2) is 5.25. The Labute approximate surface area is 105 Å². The van der Waals surface area contributed by atoms with E-state index in [1.165, 1.54) is 6.92 Å². The standard InChI is InChI=1S/C14H28O3/c1-10(2)12-6-8-13(4,9-7-12)17-14(5,16)11(3)15/h10-12,15-16H,6-9H2,1-5H3. The molecule has 0 saturated heterocycles. The summed E-state index contributed by atoms with van der Waals surface area (Å²) in [7, 11) is 0. The monoisotopic (exact) mass is 244 g/mol. The highest BCUT2D eigenvalue weighted by Gasteiger charge is 2.40. The van der Waals surface area contributed by atoms with Gasteiger partial charge in [-0.3, -0.25) is 0 Å². The molecule has 2 N–H and O–H groups in total. The summed E-state index contributed by atoms with van der Waals surface area (Å²) in [6.07, 6.45) is 3.33. The van der Waals surface area contributed by atoms with Crippen LogP contribution in [0.5, 0.6) is 0 Å². The molecular weight excluding hydrogens is 216 g/mol. The van der Waals surface area contributed by atoms with E-state index in [9.17, 15) is 10.2 Å². The van der Waals surface area contributed by atoms with Crippen molar-refractivity contribution in [2.24, 2.45) is 11.8 Å². The highest BCUT2D eigenvalue weighted by molar-refractivity contribution is 4.87. The lowest BCUT2D eigenvalue weighted by molar-refractivity contribution is -0.295. The van der Waals surface area contributed by atoms with Crippen LogP contribution >= 0.6 is 0 Å².